The highest BCUT2D eigenvalue weighted by molar-refractivity contribution is 7.80. The van der Waals surface area contributed by atoms with E-state index in [1.165, 1.54) is 6.08 Å². The lowest BCUT2D eigenvalue weighted by Gasteiger charge is -2.13. The molecule has 3 rings (SSSR count). The van der Waals surface area contributed by atoms with Crippen molar-refractivity contribution in [1.29, 1.82) is 0 Å². The maximum atomic E-state index is 12.6. The van der Waals surface area contributed by atoms with E-state index in [4.69, 9.17) is 23.8 Å². The molecular weight excluding hydrogens is 430 g/mol. The van der Waals surface area contributed by atoms with Crippen molar-refractivity contribution >= 4 is 52.5 Å². The smallest absolute Gasteiger partial charge is 0.253 e. The van der Waals surface area contributed by atoms with Gasteiger partial charge in [0.25, 0.3) is 5.91 Å². The average Bonchev–Trinajstić information content (AvgIpc) is 2.78. The average molecular weight is 450 g/mol. The molecule has 3 N–H and O–H groups in total. The molecule has 5 nitrogen and oxygen atoms in total. The minimum Gasteiger partial charge on any atom is -0.348 e. The number of para-hydroxylation sites is 1. The molecule has 7 heteroatoms. The third kappa shape index (κ3) is 7.06. The number of hydrogen-bond acceptors (Lipinski definition) is 3. The molecule has 0 saturated carbocycles. The van der Waals surface area contributed by atoms with Crippen LogP contribution in [0.1, 0.15) is 21.5 Å². The van der Waals surface area contributed by atoms with Crippen LogP contribution in [-0.2, 0) is 11.3 Å². The first kappa shape index (κ1) is 22.2. The van der Waals surface area contributed by atoms with Crippen LogP contribution in [-0.4, -0.2) is 16.9 Å². The minimum atomic E-state index is -0.390. The fourth-order valence-electron chi connectivity index (χ4n) is 2.72. The number of benzene rings is 3. The Hall–Kier alpha value is -3.48. The molecule has 0 atom stereocenters. The van der Waals surface area contributed by atoms with Crippen LogP contribution in [0, 0.1) is 0 Å². The Morgan fingerprint density at radius 3 is 2.32 bits per heavy atom. The van der Waals surface area contributed by atoms with E-state index in [1.807, 2.05) is 30.3 Å². The summed E-state index contributed by atoms with van der Waals surface area (Å²) in [5.41, 5.74) is 2.75. The Morgan fingerprint density at radius 1 is 0.903 bits per heavy atom. The molecule has 0 fully saturated rings. The molecule has 0 aliphatic heterocycles. The Labute approximate surface area is 191 Å². The van der Waals surface area contributed by atoms with E-state index in [2.05, 4.69) is 16.0 Å². The quantitative estimate of drug-likeness (QED) is 0.373. The van der Waals surface area contributed by atoms with Gasteiger partial charge >= 0.3 is 0 Å². The zero-order chi connectivity index (χ0) is 22.1. The van der Waals surface area contributed by atoms with Gasteiger partial charge in [-0.1, -0.05) is 66.2 Å². The maximum Gasteiger partial charge on any atom is 0.253 e. The van der Waals surface area contributed by atoms with Gasteiger partial charge in [-0.15, -0.1) is 0 Å². The first-order valence-corrected chi connectivity index (χ1v) is 10.3. The zero-order valence-corrected chi connectivity index (χ0v) is 18.0. The molecule has 3 aromatic carbocycles. The van der Waals surface area contributed by atoms with E-state index < -0.39 is 5.91 Å². The van der Waals surface area contributed by atoms with E-state index in [0.717, 1.165) is 11.1 Å². The van der Waals surface area contributed by atoms with Gasteiger partial charge in [0.15, 0.2) is 5.11 Å². The lowest BCUT2D eigenvalue weighted by Crippen LogP contribution is -2.33. The molecular formula is C24H20ClN3O2S. The zero-order valence-electron chi connectivity index (χ0n) is 16.5. The van der Waals surface area contributed by atoms with Crippen LogP contribution in [0.3, 0.4) is 0 Å². The molecule has 0 aliphatic carbocycles. The van der Waals surface area contributed by atoms with Crippen molar-refractivity contribution in [3.8, 4) is 0 Å². The van der Waals surface area contributed by atoms with E-state index in [9.17, 15) is 9.59 Å². The third-order valence-electron chi connectivity index (χ3n) is 4.25. The first-order valence-electron chi connectivity index (χ1n) is 9.48. The summed E-state index contributed by atoms with van der Waals surface area (Å²) in [6.07, 6.45) is 3.02. The van der Waals surface area contributed by atoms with Gasteiger partial charge in [0.05, 0.1) is 11.3 Å². The van der Waals surface area contributed by atoms with Gasteiger partial charge in [0.2, 0.25) is 5.91 Å². The second-order valence-corrected chi connectivity index (χ2v) is 7.39. The Bertz CT molecular complexity index is 1100. The lowest BCUT2D eigenvalue weighted by molar-refractivity contribution is -0.115. The monoisotopic (exact) mass is 449 g/mol. The van der Waals surface area contributed by atoms with Crippen LogP contribution in [0.5, 0.6) is 0 Å². The van der Waals surface area contributed by atoms with Crippen molar-refractivity contribution < 1.29 is 9.59 Å². The largest absolute Gasteiger partial charge is 0.348 e. The molecule has 0 saturated heterocycles. The van der Waals surface area contributed by atoms with Crippen LogP contribution in [0.25, 0.3) is 6.08 Å². The highest BCUT2D eigenvalue weighted by atomic mass is 35.5. The van der Waals surface area contributed by atoms with Crippen molar-refractivity contribution in [3.63, 3.8) is 0 Å². The standard InChI is InChI=1S/C24H20ClN3O2S/c25-19-13-10-17(11-14-19)12-15-22(29)28-24(31)27-21-9-5-4-8-20(21)23(30)26-16-18-6-2-1-3-7-18/h1-15H,16H2,(H,26,30)(H2,27,28,29,31)/b15-12+. The van der Waals surface area contributed by atoms with Crippen molar-refractivity contribution in [2.24, 2.45) is 0 Å². The lowest BCUT2D eigenvalue weighted by atomic mass is 10.1. The van der Waals surface area contributed by atoms with E-state index >= 15 is 0 Å². The molecule has 0 heterocycles. The van der Waals surface area contributed by atoms with Gasteiger partial charge in [-0.2, -0.15) is 0 Å². The van der Waals surface area contributed by atoms with Gasteiger partial charge < -0.3 is 10.6 Å². The summed E-state index contributed by atoms with van der Waals surface area (Å²) in [6, 6.07) is 23.7. The summed E-state index contributed by atoms with van der Waals surface area (Å²) in [5.74, 6) is -0.637. The molecule has 0 spiro atoms. The number of hydrogen-bond donors (Lipinski definition) is 3. The number of carbonyl (C=O) groups excluding carboxylic acids is 2. The number of rotatable bonds is 6. The molecule has 31 heavy (non-hydrogen) atoms. The summed E-state index contributed by atoms with van der Waals surface area (Å²) in [4.78, 5) is 24.8. The normalized spacial score (nSPS) is 10.5. The number of nitrogens with one attached hydrogen (secondary N) is 3. The second-order valence-electron chi connectivity index (χ2n) is 6.54. The molecule has 0 aliphatic rings. The predicted molar refractivity (Wildman–Crippen MR) is 129 cm³/mol. The molecule has 0 radical (unpaired) electrons. The van der Waals surface area contributed by atoms with Crippen LogP contribution < -0.4 is 16.0 Å². The highest BCUT2D eigenvalue weighted by Crippen LogP contribution is 2.15. The summed E-state index contributed by atoms with van der Waals surface area (Å²) < 4.78 is 0. The molecule has 2 amide bonds. The van der Waals surface area contributed by atoms with Crippen LogP contribution >= 0.6 is 23.8 Å². The molecule has 0 aromatic heterocycles. The molecule has 0 unspecified atom stereocenters. The maximum absolute atomic E-state index is 12.6. The van der Waals surface area contributed by atoms with Crippen molar-refractivity contribution in [2.45, 2.75) is 6.54 Å². The first-order chi connectivity index (χ1) is 15.0. The van der Waals surface area contributed by atoms with Crippen molar-refractivity contribution in [3.05, 3.63) is 107 Å². The fourth-order valence-corrected chi connectivity index (χ4v) is 3.05. The third-order valence-corrected chi connectivity index (χ3v) is 4.71. The van der Waals surface area contributed by atoms with Gasteiger partial charge in [-0.25, -0.2) is 0 Å². The minimum absolute atomic E-state index is 0.0917. The SMILES string of the molecule is O=C(/C=C/c1ccc(Cl)cc1)NC(=S)Nc1ccccc1C(=O)NCc1ccccc1. The Morgan fingerprint density at radius 2 is 1.58 bits per heavy atom. The summed E-state index contributed by atoms with van der Waals surface area (Å²) >= 11 is 11.1. The number of amides is 2. The van der Waals surface area contributed by atoms with Crippen LogP contribution in [0.4, 0.5) is 5.69 Å². The van der Waals surface area contributed by atoms with E-state index in [0.29, 0.717) is 22.8 Å². The molecule has 0 bridgehead atoms. The molecule has 3 aromatic rings. The Kier molecular flexibility index (Phi) is 7.92. The van der Waals surface area contributed by atoms with Gasteiger partial charge in [-0.05, 0) is 53.7 Å². The van der Waals surface area contributed by atoms with Gasteiger partial charge in [0, 0.05) is 17.6 Å². The van der Waals surface area contributed by atoms with E-state index in [-0.39, 0.29) is 11.0 Å². The summed E-state index contributed by atoms with van der Waals surface area (Å²) in [6.45, 7) is 0.407. The number of carbonyl (C=O) groups is 2. The topological polar surface area (TPSA) is 70.2 Å². The number of thiocarbonyl (C=S) groups is 1. The second kappa shape index (κ2) is 11.1. The van der Waals surface area contributed by atoms with Crippen LogP contribution in [0.15, 0.2) is 84.9 Å². The van der Waals surface area contributed by atoms with Crippen molar-refractivity contribution in [1.82, 2.24) is 10.6 Å². The van der Waals surface area contributed by atoms with Gasteiger partial charge in [0.1, 0.15) is 0 Å². The van der Waals surface area contributed by atoms with E-state index in [1.54, 1.807) is 54.6 Å². The number of anilines is 1. The number of halogens is 1. The fraction of sp³-hybridized carbons (Fsp3) is 0.0417. The van der Waals surface area contributed by atoms with Crippen LogP contribution in [0.2, 0.25) is 5.02 Å². The predicted octanol–water partition coefficient (Wildman–Crippen LogP) is 4.80. The highest BCUT2D eigenvalue weighted by Gasteiger charge is 2.12. The summed E-state index contributed by atoms with van der Waals surface area (Å²) in [7, 11) is 0. The Balaban J connectivity index is 1.57. The molecule has 156 valence electrons. The van der Waals surface area contributed by atoms with Gasteiger partial charge in [-0.3, -0.25) is 14.9 Å². The van der Waals surface area contributed by atoms with Crippen molar-refractivity contribution in [2.75, 3.05) is 5.32 Å². The summed E-state index contributed by atoms with van der Waals surface area (Å²) in [5, 5.41) is 9.08.